The quantitative estimate of drug-likeness (QED) is 0.181. The summed E-state index contributed by atoms with van der Waals surface area (Å²) in [5, 5.41) is 1.19. The van der Waals surface area contributed by atoms with Crippen LogP contribution in [0.15, 0.2) is 170 Å². The van der Waals surface area contributed by atoms with Gasteiger partial charge in [0.2, 0.25) is 0 Å². The van der Waals surface area contributed by atoms with E-state index < -0.39 is 0 Å². The molecule has 0 unspecified atom stereocenters. The molecule has 0 spiro atoms. The van der Waals surface area contributed by atoms with Gasteiger partial charge in [0.15, 0.2) is 0 Å². The van der Waals surface area contributed by atoms with Crippen molar-refractivity contribution in [2.45, 2.75) is 34.6 Å². The van der Waals surface area contributed by atoms with E-state index >= 15 is 0 Å². The molecule has 0 aliphatic carbocycles. The first kappa shape index (κ1) is 41.3. The number of nitrogens with zero attached hydrogens (tertiary/aromatic N) is 4. The van der Waals surface area contributed by atoms with Gasteiger partial charge in [0, 0.05) is 55.3 Å². The summed E-state index contributed by atoms with van der Waals surface area (Å²) in [6.07, 6.45) is 6.62. The van der Waals surface area contributed by atoms with Crippen molar-refractivity contribution in [3.63, 3.8) is 0 Å². The van der Waals surface area contributed by atoms with Crippen LogP contribution in [0.5, 0.6) is 0 Å². The van der Waals surface area contributed by atoms with Crippen LogP contribution in [-0.4, -0.2) is 29.3 Å². The van der Waals surface area contributed by atoms with E-state index in [0.717, 1.165) is 123 Å². The minimum absolute atomic E-state index is 0.836. The number of aromatic amines is 2. The van der Waals surface area contributed by atoms with Crippen molar-refractivity contribution in [1.82, 2.24) is 29.3 Å². The average Bonchev–Trinajstić information content (AvgIpc) is 4.25. The van der Waals surface area contributed by atoms with Crippen molar-refractivity contribution in [3.8, 4) is 44.5 Å². The van der Waals surface area contributed by atoms with Crippen LogP contribution >= 0.6 is 0 Å². The lowest BCUT2D eigenvalue weighted by Gasteiger charge is -2.13. The molecule has 0 saturated heterocycles. The molecule has 7 heterocycles. The summed E-state index contributed by atoms with van der Waals surface area (Å²) in [6, 6.07) is 61.2. The fourth-order valence-electron chi connectivity index (χ4n) is 10.6. The standard InChI is InChI=1S/C64H48N6/c1-37-14-22-42(23-15-37)58-49-30-31-50(65-49)59(43-24-16-38(2)17-25-43)52-34-35-54(67-52)61(45-28-20-40(4)21-29-45)62-47(36-55(69-62)60(53-33-32-51(58)66-53)44-26-18-39(3)19-27-44)63-64-41(5)46-10-6-8-12-56(46)70(64)57-13-9-7-11-48(57)68-63/h6-36,66-67H,1-5H3. The molecule has 5 aromatic heterocycles. The lowest BCUT2D eigenvalue weighted by Crippen LogP contribution is -2.00. The molecule has 8 bridgehead atoms. The molecule has 2 aliphatic heterocycles. The van der Waals surface area contributed by atoms with Crippen LogP contribution in [0.2, 0.25) is 0 Å². The molecule has 0 radical (unpaired) electrons. The van der Waals surface area contributed by atoms with Gasteiger partial charge in [-0.3, -0.25) is 0 Å². The van der Waals surface area contributed by atoms with Crippen molar-refractivity contribution in [2.24, 2.45) is 0 Å². The Hall–Kier alpha value is -8.87. The SMILES string of the molecule is Cc1ccc(-c2c3nc(c(-c4ccc(C)cc4)c4ccc([nH]4)c(-c4ccc(C)cc4)c4nc(c(-c5ccc(C)cc5)c5ccc2[nH]5)C=C4c2nc4ccccc4n4c2c(C)c2ccccc24)C=C3)cc1. The van der Waals surface area contributed by atoms with Crippen LogP contribution in [0.25, 0.3) is 118 Å². The number of aryl methyl sites for hydroxylation is 5. The number of hydrogen-bond acceptors (Lipinski definition) is 3. The Bertz CT molecular complexity index is 4180. The smallest absolute Gasteiger partial charge is 0.0976 e. The summed E-state index contributed by atoms with van der Waals surface area (Å²) in [4.78, 5) is 25.1. The molecule has 6 heteroatoms. The number of H-pyrrole nitrogens is 2. The first-order valence-electron chi connectivity index (χ1n) is 24.0. The second-order valence-electron chi connectivity index (χ2n) is 18.9. The number of nitrogens with one attached hydrogen (secondary N) is 2. The number of benzene rings is 6. The molecule has 13 rings (SSSR count). The van der Waals surface area contributed by atoms with Gasteiger partial charge in [-0.1, -0.05) is 150 Å². The van der Waals surface area contributed by atoms with E-state index in [-0.39, 0.29) is 0 Å². The Labute approximate surface area is 406 Å². The van der Waals surface area contributed by atoms with E-state index in [4.69, 9.17) is 15.0 Å². The highest BCUT2D eigenvalue weighted by Crippen LogP contribution is 2.44. The molecule has 6 aromatic carbocycles. The highest BCUT2D eigenvalue weighted by atomic mass is 15.0. The Kier molecular flexibility index (Phi) is 9.53. The maximum atomic E-state index is 5.91. The van der Waals surface area contributed by atoms with Crippen molar-refractivity contribution in [1.29, 1.82) is 0 Å². The summed E-state index contributed by atoms with van der Waals surface area (Å²) in [6.45, 7) is 10.8. The summed E-state index contributed by atoms with van der Waals surface area (Å²) < 4.78 is 2.40. The largest absolute Gasteiger partial charge is 0.354 e. The molecule has 0 fully saturated rings. The van der Waals surface area contributed by atoms with Gasteiger partial charge in [0.05, 0.1) is 50.5 Å². The van der Waals surface area contributed by atoms with Crippen LogP contribution in [-0.2, 0) is 0 Å². The molecule has 6 nitrogen and oxygen atoms in total. The van der Waals surface area contributed by atoms with E-state index in [0.29, 0.717) is 0 Å². The number of aromatic nitrogens is 6. The lowest BCUT2D eigenvalue weighted by atomic mass is 9.96. The molecule has 2 N–H and O–H groups in total. The Morgan fingerprint density at radius 3 is 1.31 bits per heavy atom. The zero-order valence-electron chi connectivity index (χ0n) is 39.7. The van der Waals surface area contributed by atoms with Gasteiger partial charge in [-0.25, -0.2) is 15.0 Å². The van der Waals surface area contributed by atoms with Gasteiger partial charge in [0.25, 0.3) is 0 Å². The average molecular weight is 901 g/mol. The van der Waals surface area contributed by atoms with Crippen molar-refractivity contribution in [3.05, 3.63) is 226 Å². The normalized spacial score (nSPS) is 12.4. The van der Waals surface area contributed by atoms with Crippen molar-refractivity contribution in [2.75, 3.05) is 0 Å². The Morgan fingerprint density at radius 1 is 0.371 bits per heavy atom. The van der Waals surface area contributed by atoms with Gasteiger partial charge in [-0.05, 0) is 123 Å². The fourth-order valence-corrected chi connectivity index (χ4v) is 10.6. The van der Waals surface area contributed by atoms with E-state index in [1.807, 2.05) is 0 Å². The zero-order valence-corrected chi connectivity index (χ0v) is 39.7. The van der Waals surface area contributed by atoms with Crippen LogP contribution in [0, 0.1) is 34.6 Å². The maximum absolute atomic E-state index is 5.91. The first-order chi connectivity index (χ1) is 34.2. The van der Waals surface area contributed by atoms with Crippen LogP contribution in [0.3, 0.4) is 0 Å². The Balaban J connectivity index is 1.26. The monoisotopic (exact) mass is 900 g/mol. The van der Waals surface area contributed by atoms with Crippen molar-refractivity contribution >= 4 is 73.3 Å². The van der Waals surface area contributed by atoms with Gasteiger partial charge < -0.3 is 14.4 Å². The van der Waals surface area contributed by atoms with E-state index in [1.54, 1.807) is 0 Å². The second kappa shape index (κ2) is 16.1. The molecule has 0 saturated carbocycles. The molecule has 0 atom stereocenters. The van der Waals surface area contributed by atoms with E-state index in [1.165, 1.54) is 33.2 Å². The lowest BCUT2D eigenvalue weighted by molar-refractivity contribution is 1.22. The van der Waals surface area contributed by atoms with E-state index in [9.17, 15) is 0 Å². The maximum Gasteiger partial charge on any atom is 0.0976 e. The third-order valence-electron chi connectivity index (χ3n) is 14.2. The molecular weight excluding hydrogens is 853 g/mol. The summed E-state index contributed by atoms with van der Waals surface area (Å²) in [7, 11) is 0. The van der Waals surface area contributed by atoms with Gasteiger partial charge in [-0.15, -0.1) is 0 Å². The highest BCUT2D eigenvalue weighted by molar-refractivity contribution is 6.10. The van der Waals surface area contributed by atoms with Gasteiger partial charge >= 0.3 is 0 Å². The number of para-hydroxylation sites is 3. The number of rotatable bonds is 5. The first-order valence-corrected chi connectivity index (χ1v) is 24.0. The van der Waals surface area contributed by atoms with E-state index in [2.05, 4.69) is 237 Å². The Morgan fingerprint density at radius 2 is 0.800 bits per heavy atom. The molecule has 2 aliphatic rings. The minimum Gasteiger partial charge on any atom is -0.354 e. The van der Waals surface area contributed by atoms with Gasteiger partial charge in [-0.2, -0.15) is 0 Å². The third kappa shape index (κ3) is 6.74. The fraction of sp³-hybridized carbons (Fsp3) is 0.0781. The minimum atomic E-state index is 0.836. The zero-order chi connectivity index (χ0) is 47.2. The highest BCUT2D eigenvalue weighted by Gasteiger charge is 2.28. The molecule has 11 aromatic rings. The third-order valence-corrected chi connectivity index (χ3v) is 14.2. The predicted molar refractivity (Wildman–Crippen MR) is 293 cm³/mol. The molecule has 334 valence electrons. The predicted octanol–water partition coefficient (Wildman–Crippen LogP) is 16.2. The van der Waals surface area contributed by atoms with Crippen LogP contribution in [0.1, 0.15) is 56.3 Å². The summed E-state index contributed by atoms with van der Waals surface area (Å²) in [5.74, 6) is 0. The summed E-state index contributed by atoms with van der Waals surface area (Å²) >= 11 is 0. The molecular formula is C64H48N6. The second-order valence-corrected chi connectivity index (χ2v) is 18.9. The molecule has 70 heavy (non-hydrogen) atoms. The van der Waals surface area contributed by atoms with Crippen LogP contribution in [0.4, 0.5) is 0 Å². The topological polar surface area (TPSA) is 74.7 Å². The number of fused-ring (bicyclic) bond motifs is 13. The van der Waals surface area contributed by atoms with Gasteiger partial charge in [0.1, 0.15) is 0 Å². The molecule has 0 amide bonds. The van der Waals surface area contributed by atoms with Crippen LogP contribution < -0.4 is 0 Å². The summed E-state index contributed by atoms with van der Waals surface area (Å²) in [5.41, 5.74) is 27.4. The van der Waals surface area contributed by atoms with Crippen molar-refractivity contribution < 1.29 is 0 Å². The number of hydrogen-bond donors (Lipinski definition) is 2.